The number of nitrogens with zero attached hydrogens (tertiary/aromatic N) is 4. The number of amides is 1. The predicted molar refractivity (Wildman–Crippen MR) is 88.5 cm³/mol. The maximum atomic E-state index is 13.1. The molecule has 0 saturated heterocycles. The summed E-state index contributed by atoms with van der Waals surface area (Å²) in [6, 6.07) is 4.89. The first-order chi connectivity index (χ1) is 12.8. The summed E-state index contributed by atoms with van der Waals surface area (Å²) in [5.74, 6) is -0.438. The third kappa shape index (κ3) is 4.17. The largest absolute Gasteiger partial charge is 0.486 e. The summed E-state index contributed by atoms with van der Waals surface area (Å²) in [5.41, 5.74) is 4.09. The number of rotatable bonds is 5. The molecule has 11 heteroatoms. The Labute approximate surface area is 155 Å². The Morgan fingerprint density at radius 2 is 1.93 bits per heavy atom. The van der Waals surface area contributed by atoms with Crippen LogP contribution in [0.25, 0.3) is 5.95 Å². The van der Waals surface area contributed by atoms with E-state index in [1.54, 1.807) is 0 Å². The van der Waals surface area contributed by atoms with E-state index in [-0.39, 0.29) is 28.0 Å². The number of benzene rings is 1. The van der Waals surface area contributed by atoms with Gasteiger partial charge < -0.3 is 10.5 Å². The highest BCUT2D eigenvalue weighted by Gasteiger charge is 2.34. The first kappa shape index (κ1) is 18.6. The lowest BCUT2D eigenvalue weighted by molar-refractivity contribution is -0.138. The van der Waals surface area contributed by atoms with Crippen LogP contribution in [-0.4, -0.2) is 25.7 Å². The third-order valence-electron chi connectivity index (χ3n) is 3.47. The average molecular weight is 398 g/mol. The van der Waals surface area contributed by atoms with E-state index in [1.807, 2.05) is 0 Å². The number of ether oxygens (including phenoxy) is 1. The summed E-state index contributed by atoms with van der Waals surface area (Å²) in [7, 11) is 0. The molecule has 0 saturated carbocycles. The van der Waals surface area contributed by atoms with Crippen LogP contribution in [0.5, 0.6) is 5.75 Å². The molecule has 0 spiro atoms. The molecule has 2 N–H and O–H groups in total. The second-order valence-electron chi connectivity index (χ2n) is 5.28. The van der Waals surface area contributed by atoms with Gasteiger partial charge in [0.05, 0.1) is 18.0 Å². The molecular formula is C16H11ClF3N5O2. The number of aromatic nitrogens is 4. The molecule has 0 atom stereocenters. The van der Waals surface area contributed by atoms with Gasteiger partial charge in [-0.05, 0) is 18.2 Å². The zero-order valence-corrected chi connectivity index (χ0v) is 14.2. The van der Waals surface area contributed by atoms with Gasteiger partial charge in [-0.2, -0.15) is 18.3 Å². The smallest absolute Gasteiger partial charge is 0.416 e. The molecule has 0 unspecified atom stereocenters. The van der Waals surface area contributed by atoms with Crippen molar-refractivity contribution in [2.24, 2.45) is 5.73 Å². The molecule has 0 aliphatic rings. The van der Waals surface area contributed by atoms with Gasteiger partial charge in [-0.25, -0.2) is 14.6 Å². The van der Waals surface area contributed by atoms with E-state index in [4.69, 9.17) is 22.1 Å². The maximum absolute atomic E-state index is 13.1. The standard InChI is InChI=1S/C16H11ClF3N5O2/c17-12-3-1-2-11(16(18,19)20)10(12)8-27-9-6-22-15(23-7-9)25-5-4-13(24-25)14(21)26/h1-7H,8H2,(H2,21,26). The molecular weight excluding hydrogens is 387 g/mol. The van der Waals surface area contributed by atoms with E-state index in [1.165, 1.54) is 41.5 Å². The number of carbonyl (C=O) groups is 1. The van der Waals surface area contributed by atoms with Crippen molar-refractivity contribution < 1.29 is 22.7 Å². The monoisotopic (exact) mass is 397 g/mol. The zero-order chi connectivity index (χ0) is 19.6. The lowest BCUT2D eigenvalue weighted by Gasteiger charge is -2.14. The second-order valence-corrected chi connectivity index (χ2v) is 5.69. The quantitative estimate of drug-likeness (QED) is 0.714. The Morgan fingerprint density at radius 1 is 1.22 bits per heavy atom. The average Bonchev–Trinajstić information content (AvgIpc) is 3.10. The van der Waals surface area contributed by atoms with Crippen LogP contribution < -0.4 is 10.5 Å². The zero-order valence-electron chi connectivity index (χ0n) is 13.4. The molecule has 0 radical (unpaired) electrons. The SMILES string of the molecule is NC(=O)c1ccn(-c2ncc(OCc3c(Cl)cccc3C(F)(F)F)cn2)n1. The molecule has 27 heavy (non-hydrogen) atoms. The fourth-order valence-corrected chi connectivity index (χ4v) is 2.42. The Bertz CT molecular complexity index is 973. The van der Waals surface area contributed by atoms with Crippen LogP contribution in [-0.2, 0) is 12.8 Å². The number of hydrogen-bond acceptors (Lipinski definition) is 5. The number of halogens is 4. The van der Waals surface area contributed by atoms with E-state index in [0.29, 0.717) is 0 Å². The Balaban J connectivity index is 1.75. The lowest BCUT2D eigenvalue weighted by atomic mass is 10.1. The Kier molecular flexibility index (Phi) is 5.00. The molecule has 1 aromatic carbocycles. The van der Waals surface area contributed by atoms with Crippen LogP contribution in [0.3, 0.4) is 0 Å². The van der Waals surface area contributed by atoms with Gasteiger partial charge in [0.25, 0.3) is 11.9 Å². The van der Waals surface area contributed by atoms with Crippen LogP contribution in [0.4, 0.5) is 13.2 Å². The van der Waals surface area contributed by atoms with Gasteiger partial charge in [-0.3, -0.25) is 4.79 Å². The maximum Gasteiger partial charge on any atom is 0.416 e. The van der Waals surface area contributed by atoms with Crippen molar-refractivity contribution in [1.29, 1.82) is 0 Å². The topological polar surface area (TPSA) is 95.9 Å². The third-order valence-corrected chi connectivity index (χ3v) is 3.82. The van der Waals surface area contributed by atoms with Crippen molar-refractivity contribution in [3.63, 3.8) is 0 Å². The lowest BCUT2D eigenvalue weighted by Crippen LogP contribution is -2.13. The summed E-state index contributed by atoms with van der Waals surface area (Å²) in [6.45, 7) is -0.412. The molecule has 3 aromatic rings. The summed E-state index contributed by atoms with van der Waals surface area (Å²) in [4.78, 5) is 19.0. The van der Waals surface area contributed by atoms with Gasteiger partial charge in [-0.15, -0.1) is 0 Å². The number of primary amides is 1. The van der Waals surface area contributed by atoms with E-state index in [2.05, 4.69) is 15.1 Å². The van der Waals surface area contributed by atoms with Crippen molar-refractivity contribution in [2.75, 3.05) is 0 Å². The summed E-state index contributed by atoms with van der Waals surface area (Å²) >= 11 is 5.87. The normalized spacial score (nSPS) is 11.4. The second kappa shape index (κ2) is 7.23. The molecule has 0 aliphatic carbocycles. The van der Waals surface area contributed by atoms with Crippen molar-refractivity contribution in [2.45, 2.75) is 12.8 Å². The first-order valence-corrected chi connectivity index (χ1v) is 7.79. The molecule has 7 nitrogen and oxygen atoms in total. The van der Waals surface area contributed by atoms with Crippen LogP contribution in [0.1, 0.15) is 21.6 Å². The molecule has 0 bridgehead atoms. The number of nitrogens with two attached hydrogens (primary N) is 1. The van der Waals surface area contributed by atoms with E-state index >= 15 is 0 Å². The molecule has 140 valence electrons. The molecule has 3 rings (SSSR count). The highest BCUT2D eigenvalue weighted by molar-refractivity contribution is 6.31. The van der Waals surface area contributed by atoms with Gasteiger partial charge in [0, 0.05) is 16.8 Å². The van der Waals surface area contributed by atoms with Gasteiger partial charge >= 0.3 is 6.18 Å². The Morgan fingerprint density at radius 3 is 2.52 bits per heavy atom. The molecule has 0 aliphatic heterocycles. The highest BCUT2D eigenvalue weighted by Crippen LogP contribution is 2.35. The molecule has 1 amide bonds. The highest BCUT2D eigenvalue weighted by atomic mass is 35.5. The first-order valence-electron chi connectivity index (χ1n) is 7.41. The summed E-state index contributed by atoms with van der Waals surface area (Å²) < 4.78 is 45.8. The van der Waals surface area contributed by atoms with E-state index in [0.717, 1.165) is 6.07 Å². The van der Waals surface area contributed by atoms with Gasteiger partial charge in [0.1, 0.15) is 12.3 Å². The fraction of sp³-hybridized carbons (Fsp3) is 0.125. The molecule has 2 heterocycles. The Hall–Kier alpha value is -3.14. The number of alkyl halides is 3. The van der Waals surface area contributed by atoms with E-state index < -0.39 is 24.3 Å². The van der Waals surface area contributed by atoms with Crippen LogP contribution in [0.15, 0.2) is 42.9 Å². The van der Waals surface area contributed by atoms with Gasteiger partial charge in [0.15, 0.2) is 5.75 Å². The number of carbonyl (C=O) groups excluding carboxylic acids is 1. The minimum absolute atomic E-state index is 0.0392. The van der Waals surface area contributed by atoms with Gasteiger partial charge in [-0.1, -0.05) is 17.7 Å². The minimum Gasteiger partial charge on any atom is -0.486 e. The van der Waals surface area contributed by atoms with Crippen LogP contribution in [0.2, 0.25) is 5.02 Å². The fourth-order valence-electron chi connectivity index (χ4n) is 2.20. The van der Waals surface area contributed by atoms with Crippen molar-refractivity contribution in [3.05, 3.63) is 64.7 Å². The van der Waals surface area contributed by atoms with Gasteiger partial charge in [0.2, 0.25) is 0 Å². The minimum atomic E-state index is -4.55. The summed E-state index contributed by atoms with van der Waals surface area (Å²) in [6.07, 6.45) is -0.590. The molecule has 0 fully saturated rings. The van der Waals surface area contributed by atoms with Crippen molar-refractivity contribution in [1.82, 2.24) is 19.7 Å². The van der Waals surface area contributed by atoms with Crippen LogP contribution >= 0.6 is 11.6 Å². The van der Waals surface area contributed by atoms with Crippen molar-refractivity contribution >= 4 is 17.5 Å². The summed E-state index contributed by atoms with van der Waals surface area (Å²) in [5, 5.41) is 3.83. The van der Waals surface area contributed by atoms with Crippen LogP contribution in [0, 0.1) is 0 Å². The molecule has 2 aromatic heterocycles. The predicted octanol–water partition coefficient (Wildman–Crippen LogP) is 3.01. The van der Waals surface area contributed by atoms with E-state index in [9.17, 15) is 18.0 Å². The number of hydrogen-bond donors (Lipinski definition) is 1. The van der Waals surface area contributed by atoms with Crippen molar-refractivity contribution in [3.8, 4) is 11.7 Å².